The van der Waals surface area contributed by atoms with Crippen LogP contribution in [0.2, 0.25) is 0 Å². The minimum atomic E-state index is -0.518. The van der Waals surface area contributed by atoms with Gasteiger partial charge in [-0.25, -0.2) is 9.78 Å². The summed E-state index contributed by atoms with van der Waals surface area (Å²) in [5, 5.41) is 0. The molecule has 0 amide bonds. The number of imidazole rings is 1. The van der Waals surface area contributed by atoms with Crippen LogP contribution in [-0.2, 0) is 14.1 Å². The van der Waals surface area contributed by atoms with Crippen LogP contribution in [0.25, 0.3) is 11.2 Å². The maximum absolute atomic E-state index is 11.3. The number of aromatic nitrogens is 4. The predicted molar refractivity (Wildman–Crippen MR) is 51.0 cm³/mol. The number of hydrogen-bond acceptors (Lipinski definition) is 4. The number of nitrogens with zero attached hydrogens (tertiary/aromatic N) is 3. The van der Waals surface area contributed by atoms with Crippen molar-refractivity contribution in [2.24, 2.45) is 14.1 Å². The van der Waals surface area contributed by atoms with E-state index in [1.165, 1.54) is 9.13 Å². The van der Waals surface area contributed by atoms with Crippen molar-refractivity contribution in [3.8, 4) is 0 Å². The molecular weight excluding hydrogens is 186 g/mol. The lowest BCUT2D eigenvalue weighted by Gasteiger charge is -2.00. The molecule has 0 saturated heterocycles. The van der Waals surface area contributed by atoms with Crippen molar-refractivity contribution in [2.75, 3.05) is 5.73 Å². The number of aryl methyl sites for hydroxylation is 2. The predicted octanol–water partition coefficient (Wildman–Crippen LogP) is -1.46. The molecule has 0 bridgehead atoms. The van der Waals surface area contributed by atoms with Crippen LogP contribution in [-0.4, -0.2) is 19.1 Å². The molecule has 2 aromatic heterocycles. The van der Waals surface area contributed by atoms with E-state index < -0.39 is 11.2 Å². The number of anilines is 1. The van der Waals surface area contributed by atoms with Gasteiger partial charge in [-0.05, 0) is 0 Å². The zero-order chi connectivity index (χ0) is 10.5. The van der Waals surface area contributed by atoms with Crippen molar-refractivity contribution in [1.29, 1.82) is 0 Å². The second-order valence-corrected chi connectivity index (χ2v) is 3.02. The Morgan fingerprint density at radius 3 is 2.57 bits per heavy atom. The van der Waals surface area contributed by atoms with Crippen molar-refractivity contribution in [2.45, 2.75) is 0 Å². The number of nitrogens with two attached hydrogens (primary N) is 1. The Morgan fingerprint density at radius 1 is 1.29 bits per heavy atom. The van der Waals surface area contributed by atoms with Gasteiger partial charge in [0, 0.05) is 14.1 Å². The first-order valence-electron chi connectivity index (χ1n) is 3.93. The first-order valence-corrected chi connectivity index (χ1v) is 3.93. The lowest BCUT2D eigenvalue weighted by Crippen LogP contribution is -2.29. The Morgan fingerprint density at radius 2 is 1.93 bits per heavy atom. The molecule has 74 valence electrons. The fourth-order valence-corrected chi connectivity index (χ4v) is 1.38. The van der Waals surface area contributed by atoms with Crippen molar-refractivity contribution < 1.29 is 0 Å². The lowest BCUT2D eigenvalue weighted by atomic mass is 10.5. The normalized spacial score (nSPS) is 11.0. The number of fused-ring (bicyclic) bond motifs is 1. The van der Waals surface area contributed by atoms with E-state index in [4.69, 9.17) is 5.73 Å². The molecule has 14 heavy (non-hydrogen) atoms. The van der Waals surface area contributed by atoms with Gasteiger partial charge in [0.25, 0.3) is 5.56 Å². The molecule has 0 atom stereocenters. The van der Waals surface area contributed by atoms with Crippen LogP contribution in [0.4, 0.5) is 5.95 Å². The minimum absolute atomic E-state index is 0.173. The molecule has 2 heterocycles. The van der Waals surface area contributed by atoms with Crippen molar-refractivity contribution in [3.63, 3.8) is 0 Å². The molecule has 0 radical (unpaired) electrons. The van der Waals surface area contributed by atoms with Gasteiger partial charge in [-0.3, -0.25) is 18.9 Å². The Bertz CT molecular complexity index is 617. The number of hydrogen-bond donors (Lipinski definition) is 2. The number of nitrogen functional groups attached to an aromatic ring is 1. The molecular formula is C7H9N5O2. The summed E-state index contributed by atoms with van der Waals surface area (Å²) in [6.07, 6.45) is 0. The first-order chi connectivity index (χ1) is 6.52. The summed E-state index contributed by atoms with van der Waals surface area (Å²) >= 11 is 0. The first kappa shape index (κ1) is 8.54. The Balaban J connectivity index is 3.19. The molecule has 7 nitrogen and oxygen atoms in total. The van der Waals surface area contributed by atoms with Crippen molar-refractivity contribution in [1.82, 2.24) is 19.1 Å². The highest BCUT2D eigenvalue weighted by molar-refractivity contribution is 5.73. The van der Waals surface area contributed by atoms with Crippen LogP contribution in [0.15, 0.2) is 9.59 Å². The maximum atomic E-state index is 11.3. The summed E-state index contributed by atoms with van der Waals surface area (Å²) in [4.78, 5) is 28.6. The quantitative estimate of drug-likeness (QED) is 0.536. The summed E-state index contributed by atoms with van der Waals surface area (Å²) in [6.45, 7) is 0. The SMILES string of the molecule is Cn1c(N)nc2c(=O)[nH]c(=O)n(C)c21. The highest BCUT2D eigenvalue weighted by Gasteiger charge is 2.11. The number of aromatic amines is 1. The average molecular weight is 195 g/mol. The molecule has 0 fully saturated rings. The molecule has 2 rings (SSSR count). The minimum Gasteiger partial charge on any atom is -0.369 e. The molecule has 0 spiro atoms. The van der Waals surface area contributed by atoms with E-state index in [2.05, 4.69) is 9.97 Å². The van der Waals surface area contributed by atoms with Crippen LogP contribution >= 0.6 is 0 Å². The van der Waals surface area contributed by atoms with Crippen LogP contribution in [0.1, 0.15) is 0 Å². The molecule has 0 aliphatic rings. The zero-order valence-electron chi connectivity index (χ0n) is 7.74. The van der Waals surface area contributed by atoms with Gasteiger partial charge in [-0.1, -0.05) is 0 Å². The van der Waals surface area contributed by atoms with Gasteiger partial charge in [0.1, 0.15) is 0 Å². The lowest BCUT2D eigenvalue weighted by molar-refractivity contribution is 0.797. The number of nitrogens with one attached hydrogen (secondary N) is 1. The zero-order valence-corrected chi connectivity index (χ0v) is 7.74. The Hall–Kier alpha value is -2.05. The summed E-state index contributed by atoms with van der Waals surface area (Å²) in [5.41, 5.74) is 5.11. The third-order valence-electron chi connectivity index (χ3n) is 2.16. The summed E-state index contributed by atoms with van der Waals surface area (Å²) in [6, 6.07) is 0. The van der Waals surface area contributed by atoms with Crippen LogP contribution in [0, 0.1) is 0 Å². The largest absolute Gasteiger partial charge is 0.369 e. The van der Waals surface area contributed by atoms with Crippen LogP contribution in [0.5, 0.6) is 0 Å². The summed E-state index contributed by atoms with van der Waals surface area (Å²) in [5.74, 6) is 0.201. The third kappa shape index (κ3) is 0.889. The monoisotopic (exact) mass is 195 g/mol. The topological polar surface area (TPSA) is 98.7 Å². The van der Waals surface area contributed by atoms with E-state index in [9.17, 15) is 9.59 Å². The van der Waals surface area contributed by atoms with Gasteiger partial charge < -0.3 is 5.73 Å². The van der Waals surface area contributed by atoms with Gasteiger partial charge in [-0.15, -0.1) is 0 Å². The van der Waals surface area contributed by atoms with E-state index in [-0.39, 0.29) is 11.5 Å². The van der Waals surface area contributed by atoms with Crippen LogP contribution < -0.4 is 17.0 Å². The molecule has 0 aliphatic carbocycles. The maximum Gasteiger partial charge on any atom is 0.329 e. The molecule has 0 saturated carbocycles. The fourth-order valence-electron chi connectivity index (χ4n) is 1.38. The summed E-state index contributed by atoms with van der Waals surface area (Å²) < 4.78 is 2.78. The molecule has 2 aromatic rings. The standard InChI is InChI=1S/C7H9N5O2/c1-11-5-3(9-6(11)8)4(13)10-7(14)12(5)2/h1-2H3,(H2,8,9)(H,10,13,14). The van der Waals surface area contributed by atoms with Gasteiger partial charge in [0.05, 0.1) is 0 Å². The fraction of sp³-hybridized carbons (Fsp3) is 0.286. The van der Waals surface area contributed by atoms with Gasteiger partial charge in [0.15, 0.2) is 11.2 Å². The number of H-pyrrole nitrogens is 1. The third-order valence-corrected chi connectivity index (χ3v) is 2.16. The van der Waals surface area contributed by atoms with Gasteiger partial charge in [0.2, 0.25) is 5.95 Å². The van der Waals surface area contributed by atoms with Crippen molar-refractivity contribution >= 4 is 17.1 Å². The average Bonchev–Trinajstić information content (AvgIpc) is 2.41. The van der Waals surface area contributed by atoms with Crippen molar-refractivity contribution in [3.05, 3.63) is 20.8 Å². The van der Waals surface area contributed by atoms with E-state index in [1.807, 2.05) is 0 Å². The Labute approximate surface area is 77.8 Å². The highest BCUT2D eigenvalue weighted by atomic mass is 16.2. The second-order valence-electron chi connectivity index (χ2n) is 3.02. The Kier molecular flexibility index (Phi) is 1.51. The van der Waals surface area contributed by atoms with E-state index in [0.29, 0.717) is 5.65 Å². The molecule has 3 N–H and O–H groups in total. The molecule has 7 heteroatoms. The smallest absolute Gasteiger partial charge is 0.329 e. The second kappa shape index (κ2) is 2.47. The molecule has 0 aliphatic heterocycles. The van der Waals surface area contributed by atoms with E-state index >= 15 is 0 Å². The van der Waals surface area contributed by atoms with E-state index in [0.717, 1.165) is 0 Å². The summed E-state index contributed by atoms with van der Waals surface area (Å²) in [7, 11) is 3.19. The molecule has 0 unspecified atom stereocenters. The molecule has 0 aromatic carbocycles. The van der Waals surface area contributed by atoms with Gasteiger partial charge in [-0.2, -0.15) is 0 Å². The van der Waals surface area contributed by atoms with Gasteiger partial charge >= 0.3 is 5.69 Å². The number of rotatable bonds is 0. The van der Waals surface area contributed by atoms with Crippen LogP contribution in [0.3, 0.4) is 0 Å². The highest BCUT2D eigenvalue weighted by Crippen LogP contribution is 2.08. The van der Waals surface area contributed by atoms with E-state index in [1.54, 1.807) is 14.1 Å².